The number of hydrogen-bond acceptors (Lipinski definition) is 2. The van der Waals surface area contributed by atoms with E-state index in [1.807, 2.05) is 7.11 Å². The lowest BCUT2D eigenvalue weighted by molar-refractivity contribution is 0.00776. The summed E-state index contributed by atoms with van der Waals surface area (Å²) in [6.45, 7) is 4.23. The zero-order valence-electron chi connectivity index (χ0n) is 10.3. The van der Waals surface area contributed by atoms with Crippen molar-refractivity contribution in [2.45, 2.75) is 31.8 Å². The van der Waals surface area contributed by atoms with Crippen molar-refractivity contribution in [1.82, 2.24) is 5.32 Å². The summed E-state index contributed by atoms with van der Waals surface area (Å²) in [7, 11) is 1.83. The van der Waals surface area contributed by atoms with E-state index in [4.69, 9.17) is 4.74 Å². The van der Waals surface area contributed by atoms with Crippen LogP contribution in [-0.4, -0.2) is 25.8 Å². The summed E-state index contributed by atoms with van der Waals surface area (Å²) < 4.78 is 5.70. The molecule has 1 aliphatic rings. The molecule has 2 nitrogen and oxygen atoms in total. The third-order valence-electron chi connectivity index (χ3n) is 3.60. The van der Waals surface area contributed by atoms with Gasteiger partial charge in [0.1, 0.15) is 0 Å². The van der Waals surface area contributed by atoms with Crippen LogP contribution in [0.15, 0.2) is 24.3 Å². The van der Waals surface area contributed by atoms with Gasteiger partial charge in [0.2, 0.25) is 0 Å². The van der Waals surface area contributed by atoms with Crippen LogP contribution in [0, 0.1) is 0 Å². The van der Waals surface area contributed by atoms with Gasteiger partial charge in [-0.2, -0.15) is 0 Å². The van der Waals surface area contributed by atoms with Crippen LogP contribution >= 0.6 is 0 Å². The first-order chi connectivity index (χ1) is 7.78. The number of ether oxygens (including phenoxy) is 1. The molecule has 1 aromatic rings. The molecule has 16 heavy (non-hydrogen) atoms. The summed E-state index contributed by atoms with van der Waals surface area (Å²) in [6, 6.07) is 8.91. The molecule has 0 bridgehead atoms. The summed E-state index contributed by atoms with van der Waals surface area (Å²) >= 11 is 0. The second kappa shape index (κ2) is 4.98. The average Bonchev–Trinajstić information content (AvgIpc) is 2.79. The van der Waals surface area contributed by atoms with Crippen molar-refractivity contribution in [2.24, 2.45) is 0 Å². The molecule has 1 aromatic carbocycles. The number of rotatable bonds is 4. The van der Waals surface area contributed by atoms with Crippen molar-refractivity contribution in [1.29, 1.82) is 0 Å². The SMILES string of the molecule is CCc1ccc(CC2(OC)CCNC2)cc1. The molecular formula is C14H21NO. The fourth-order valence-corrected chi connectivity index (χ4v) is 2.38. The molecule has 2 heteroatoms. The van der Waals surface area contributed by atoms with Crippen LogP contribution in [0.25, 0.3) is 0 Å². The van der Waals surface area contributed by atoms with Crippen LogP contribution in [0.5, 0.6) is 0 Å². The molecule has 0 saturated carbocycles. The Morgan fingerprint density at radius 3 is 2.44 bits per heavy atom. The number of methoxy groups -OCH3 is 1. The second-order valence-corrected chi connectivity index (χ2v) is 4.66. The first-order valence-electron chi connectivity index (χ1n) is 6.12. The van der Waals surface area contributed by atoms with Gasteiger partial charge in [0, 0.05) is 20.1 Å². The summed E-state index contributed by atoms with van der Waals surface area (Å²) in [5.41, 5.74) is 2.80. The molecular weight excluding hydrogens is 198 g/mol. The van der Waals surface area contributed by atoms with Gasteiger partial charge in [-0.1, -0.05) is 31.2 Å². The van der Waals surface area contributed by atoms with Crippen LogP contribution in [-0.2, 0) is 17.6 Å². The van der Waals surface area contributed by atoms with Gasteiger partial charge in [-0.25, -0.2) is 0 Å². The maximum atomic E-state index is 5.70. The van der Waals surface area contributed by atoms with E-state index in [9.17, 15) is 0 Å². The van der Waals surface area contributed by atoms with E-state index in [2.05, 4.69) is 36.5 Å². The Labute approximate surface area is 98.0 Å². The summed E-state index contributed by atoms with van der Waals surface area (Å²) in [5, 5.41) is 3.38. The molecule has 0 amide bonds. The normalized spacial score (nSPS) is 24.9. The van der Waals surface area contributed by atoms with E-state index in [0.29, 0.717) is 0 Å². The number of hydrogen-bond donors (Lipinski definition) is 1. The highest BCUT2D eigenvalue weighted by Crippen LogP contribution is 2.24. The lowest BCUT2D eigenvalue weighted by Gasteiger charge is -2.26. The number of benzene rings is 1. The maximum absolute atomic E-state index is 5.70. The van der Waals surface area contributed by atoms with Gasteiger partial charge in [0.15, 0.2) is 0 Å². The fraction of sp³-hybridized carbons (Fsp3) is 0.571. The van der Waals surface area contributed by atoms with E-state index >= 15 is 0 Å². The molecule has 0 aromatic heterocycles. The molecule has 1 N–H and O–H groups in total. The van der Waals surface area contributed by atoms with E-state index in [-0.39, 0.29) is 5.60 Å². The van der Waals surface area contributed by atoms with Gasteiger partial charge in [0.25, 0.3) is 0 Å². The van der Waals surface area contributed by atoms with E-state index in [0.717, 1.165) is 32.4 Å². The molecule has 2 rings (SSSR count). The topological polar surface area (TPSA) is 21.3 Å². The van der Waals surface area contributed by atoms with E-state index < -0.39 is 0 Å². The van der Waals surface area contributed by atoms with Crippen molar-refractivity contribution in [3.63, 3.8) is 0 Å². The Bertz CT molecular complexity index is 325. The predicted molar refractivity (Wildman–Crippen MR) is 66.8 cm³/mol. The number of nitrogens with one attached hydrogen (secondary N) is 1. The van der Waals surface area contributed by atoms with Crippen LogP contribution in [0.4, 0.5) is 0 Å². The Morgan fingerprint density at radius 1 is 1.25 bits per heavy atom. The Hall–Kier alpha value is -0.860. The molecule has 1 fully saturated rings. The van der Waals surface area contributed by atoms with E-state index in [1.54, 1.807) is 0 Å². The Balaban J connectivity index is 2.07. The zero-order valence-corrected chi connectivity index (χ0v) is 10.3. The first kappa shape index (κ1) is 11.6. The molecule has 0 spiro atoms. The Kier molecular flexibility index (Phi) is 3.62. The first-order valence-corrected chi connectivity index (χ1v) is 6.12. The Morgan fingerprint density at radius 2 is 1.94 bits per heavy atom. The van der Waals surface area contributed by atoms with Crippen molar-refractivity contribution >= 4 is 0 Å². The van der Waals surface area contributed by atoms with Crippen LogP contribution < -0.4 is 5.32 Å². The molecule has 1 atom stereocenters. The maximum Gasteiger partial charge on any atom is 0.0854 e. The molecule has 1 aliphatic heterocycles. The number of aryl methyl sites for hydroxylation is 1. The smallest absolute Gasteiger partial charge is 0.0854 e. The molecule has 0 radical (unpaired) electrons. The van der Waals surface area contributed by atoms with Crippen molar-refractivity contribution in [3.8, 4) is 0 Å². The molecule has 1 heterocycles. The van der Waals surface area contributed by atoms with Crippen LogP contribution in [0.3, 0.4) is 0 Å². The third-order valence-corrected chi connectivity index (χ3v) is 3.60. The minimum absolute atomic E-state index is 0.0216. The monoisotopic (exact) mass is 219 g/mol. The van der Waals surface area contributed by atoms with Gasteiger partial charge in [0.05, 0.1) is 5.60 Å². The largest absolute Gasteiger partial charge is 0.377 e. The lowest BCUT2D eigenvalue weighted by Crippen LogP contribution is -2.36. The summed E-state index contributed by atoms with van der Waals surface area (Å²) in [4.78, 5) is 0. The highest BCUT2D eigenvalue weighted by molar-refractivity contribution is 5.24. The van der Waals surface area contributed by atoms with Crippen molar-refractivity contribution in [3.05, 3.63) is 35.4 Å². The quantitative estimate of drug-likeness (QED) is 0.838. The van der Waals surface area contributed by atoms with Gasteiger partial charge >= 0.3 is 0 Å². The average molecular weight is 219 g/mol. The highest BCUT2D eigenvalue weighted by Gasteiger charge is 2.33. The van der Waals surface area contributed by atoms with Crippen LogP contribution in [0.2, 0.25) is 0 Å². The molecule has 1 saturated heterocycles. The van der Waals surface area contributed by atoms with Crippen molar-refractivity contribution < 1.29 is 4.74 Å². The van der Waals surface area contributed by atoms with Gasteiger partial charge < -0.3 is 10.1 Å². The second-order valence-electron chi connectivity index (χ2n) is 4.66. The lowest BCUT2D eigenvalue weighted by atomic mass is 9.93. The zero-order chi connectivity index (χ0) is 11.4. The fourth-order valence-electron chi connectivity index (χ4n) is 2.38. The van der Waals surface area contributed by atoms with Crippen LogP contribution in [0.1, 0.15) is 24.5 Å². The molecule has 1 unspecified atom stereocenters. The van der Waals surface area contributed by atoms with E-state index in [1.165, 1.54) is 11.1 Å². The van der Waals surface area contributed by atoms with Gasteiger partial charge in [-0.05, 0) is 30.5 Å². The minimum atomic E-state index is 0.0216. The highest BCUT2D eigenvalue weighted by atomic mass is 16.5. The van der Waals surface area contributed by atoms with Gasteiger partial charge in [-0.3, -0.25) is 0 Å². The predicted octanol–water partition coefficient (Wildman–Crippen LogP) is 2.17. The summed E-state index contributed by atoms with van der Waals surface area (Å²) in [6.07, 6.45) is 3.23. The van der Waals surface area contributed by atoms with Gasteiger partial charge in [-0.15, -0.1) is 0 Å². The standard InChI is InChI=1S/C14H21NO/c1-3-12-4-6-13(7-5-12)10-14(16-2)8-9-15-11-14/h4-7,15H,3,8-11H2,1-2H3. The minimum Gasteiger partial charge on any atom is -0.377 e. The molecule has 0 aliphatic carbocycles. The third kappa shape index (κ3) is 2.45. The summed E-state index contributed by atoms with van der Waals surface area (Å²) in [5.74, 6) is 0. The molecule has 88 valence electrons. The van der Waals surface area contributed by atoms with Crippen molar-refractivity contribution in [2.75, 3.05) is 20.2 Å².